The molecule has 0 saturated heterocycles. The third-order valence-electron chi connectivity index (χ3n) is 1.87. The van der Waals surface area contributed by atoms with E-state index >= 15 is 0 Å². The Balaban J connectivity index is 2.44. The van der Waals surface area contributed by atoms with Crippen LogP contribution in [0.1, 0.15) is 18.9 Å². The zero-order valence-electron chi connectivity index (χ0n) is 9.02. The van der Waals surface area contributed by atoms with Gasteiger partial charge in [0.25, 0.3) is 0 Å². The maximum atomic E-state index is 12.6. The second-order valence-electron chi connectivity index (χ2n) is 3.31. The van der Waals surface area contributed by atoms with Gasteiger partial charge in [-0.15, -0.1) is 0 Å². The van der Waals surface area contributed by atoms with Crippen LogP contribution < -0.4 is 5.09 Å². The first-order valence-electron chi connectivity index (χ1n) is 5.00. The lowest BCUT2D eigenvalue weighted by Crippen LogP contribution is -2.08. The normalized spacial score (nSPS) is 14.7. The van der Waals surface area contributed by atoms with Crippen molar-refractivity contribution < 1.29 is 13.8 Å². The van der Waals surface area contributed by atoms with E-state index in [-0.39, 0.29) is 12.4 Å². The van der Waals surface area contributed by atoms with Gasteiger partial charge in [-0.1, -0.05) is 30.4 Å². The van der Waals surface area contributed by atoms with E-state index in [9.17, 15) is 13.8 Å². The van der Waals surface area contributed by atoms with Gasteiger partial charge in [0, 0.05) is 12.3 Å². The monoisotopic (exact) mass is 263 g/mol. The molecule has 2 N–H and O–H groups in total. The van der Waals surface area contributed by atoms with Crippen LogP contribution in [0.5, 0.6) is 0 Å². The Morgan fingerprint density at radius 3 is 2.62 bits per heavy atom. The summed E-state index contributed by atoms with van der Waals surface area (Å²) < 4.78 is 24.1. The van der Waals surface area contributed by atoms with E-state index in [4.69, 9.17) is 0 Å². The maximum Gasteiger partial charge on any atom is 0.324 e. The van der Waals surface area contributed by atoms with E-state index in [0.717, 1.165) is 23.4 Å². The van der Waals surface area contributed by atoms with Gasteiger partial charge in [-0.3, -0.25) is 4.57 Å². The van der Waals surface area contributed by atoms with Crippen LogP contribution in [-0.2, 0) is 11.1 Å². The van der Waals surface area contributed by atoms with Crippen LogP contribution in [-0.4, -0.2) is 10.6 Å². The molecule has 0 amide bonds. The van der Waals surface area contributed by atoms with Crippen LogP contribution in [0.2, 0.25) is 0 Å². The average Bonchev–Trinajstić information content (AvgIpc) is 2.26. The Labute approximate surface area is 98.7 Å². The Hall–Kier alpha value is -0.350. The largest absolute Gasteiger partial charge is 0.326 e. The molecule has 1 aromatic carbocycles. The molecule has 1 atom stereocenters. The fourth-order valence-corrected chi connectivity index (χ4v) is 3.72. The number of rotatable bonds is 6. The van der Waals surface area contributed by atoms with Crippen LogP contribution in [0.25, 0.3) is 0 Å². The molecule has 3 nitrogen and oxygen atoms in total. The van der Waals surface area contributed by atoms with Gasteiger partial charge in [0.1, 0.15) is 5.82 Å². The van der Waals surface area contributed by atoms with Crippen molar-refractivity contribution in [3.05, 3.63) is 35.6 Å². The molecule has 0 saturated carbocycles. The zero-order chi connectivity index (χ0) is 12.0. The van der Waals surface area contributed by atoms with Crippen LogP contribution in [0.3, 0.4) is 0 Å². The summed E-state index contributed by atoms with van der Waals surface area (Å²) in [5.41, 5.74) is 0.785. The topological polar surface area (TPSA) is 49.3 Å². The van der Waals surface area contributed by atoms with Crippen LogP contribution in [0, 0.1) is 5.82 Å². The highest BCUT2D eigenvalue weighted by Gasteiger charge is 2.16. The smallest absolute Gasteiger partial charge is 0.324 e. The quantitative estimate of drug-likeness (QED) is 0.774. The lowest BCUT2D eigenvalue weighted by atomic mass is 10.2. The fraction of sp³-hybridized carbons (Fsp3) is 0.400. The van der Waals surface area contributed by atoms with Gasteiger partial charge in [0.2, 0.25) is 0 Å². The van der Waals surface area contributed by atoms with Crippen molar-refractivity contribution in [2.45, 2.75) is 19.9 Å². The number of nitrogens with one attached hydrogen (secondary N) is 1. The number of benzene rings is 1. The first-order chi connectivity index (χ1) is 7.53. The molecular weight excluding hydrogens is 248 g/mol. The Kier molecular flexibility index (Phi) is 5.49. The first kappa shape index (κ1) is 13.7. The summed E-state index contributed by atoms with van der Waals surface area (Å²) in [6, 6.07) is 5.84. The molecule has 0 aromatic heterocycles. The van der Waals surface area contributed by atoms with Crippen molar-refractivity contribution in [3.8, 4) is 0 Å². The minimum absolute atomic E-state index is 0.269. The standard InChI is InChI=1S/C10H15FNO2PS/c1-2-7-16-15(13,14)12-8-9-3-5-10(11)6-4-9/h3-6H,2,7-8H2,1H3,(H2,12,13,14). The van der Waals surface area contributed by atoms with Gasteiger partial charge in [-0.25, -0.2) is 9.48 Å². The molecule has 0 aliphatic heterocycles. The second-order valence-corrected chi connectivity index (χ2v) is 7.60. The zero-order valence-corrected chi connectivity index (χ0v) is 10.7. The molecule has 0 aliphatic rings. The van der Waals surface area contributed by atoms with E-state index in [0.29, 0.717) is 5.75 Å². The van der Waals surface area contributed by atoms with Crippen LogP contribution in [0.4, 0.5) is 4.39 Å². The van der Waals surface area contributed by atoms with Gasteiger partial charge < -0.3 is 4.89 Å². The average molecular weight is 263 g/mol. The molecule has 0 radical (unpaired) electrons. The molecule has 0 bridgehead atoms. The van der Waals surface area contributed by atoms with Crippen molar-refractivity contribution in [3.63, 3.8) is 0 Å². The Morgan fingerprint density at radius 2 is 2.06 bits per heavy atom. The van der Waals surface area contributed by atoms with E-state index in [1.807, 2.05) is 6.92 Å². The summed E-state index contributed by atoms with van der Waals surface area (Å²) in [6.07, 6.45) is 0.855. The predicted molar refractivity (Wildman–Crippen MR) is 65.8 cm³/mol. The molecule has 0 spiro atoms. The second kappa shape index (κ2) is 6.40. The maximum absolute atomic E-state index is 12.6. The van der Waals surface area contributed by atoms with Crippen LogP contribution in [0.15, 0.2) is 24.3 Å². The third kappa shape index (κ3) is 5.12. The molecule has 1 aromatic rings. The molecule has 90 valence electrons. The molecule has 1 rings (SSSR count). The summed E-state index contributed by atoms with van der Waals surface area (Å²) in [6.45, 7) is -1.09. The summed E-state index contributed by atoms with van der Waals surface area (Å²) in [4.78, 5) is 9.49. The number of hydrogen-bond acceptors (Lipinski definition) is 2. The van der Waals surface area contributed by atoms with Crippen molar-refractivity contribution in [1.82, 2.24) is 5.09 Å². The summed E-state index contributed by atoms with van der Waals surface area (Å²) >= 11 is 1.03. The van der Waals surface area contributed by atoms with Crippen LogP contribution >= 0.6 is 18.1 Å². The Morgan fingerprint density at radius 1 is 1.44 bits per heavy atom. The van der Waals surface area contributed by atoms with E-state index in [1.54, 1.807) is 12.1 Å². The number of hydrogen-bond donors (Lipinski definition) is 2. The molecule has 0 fully saturated rings. The molecule has 0 aliphatic carbocycles. The molecular formula is C10H15FNO2PS. The Bertz CT molecular complexity index is 372. The first-order valence-corrected chi connectivity index (χ1v) is 8.25. The van der Waals surface area contributed by atoms with Crippen molar-refractivity contribution in [2.75, 3.05) is 5.75 Å². The van der Waals surface area contributed by atoms with Gasteiger partial charge >= 0.3 is 6.72 Å². The van der Waals surface area contributed by atoms with E-state index < -0.39 is 6.72 Å². The van der Waals surface area contributed by atoms with E-state index in [1.165, 1.54) is 12.1 Å². The highest BCUT2D eigenvalue weighted by Crippen LogP contribution is 2.50. The highest BCUT2D eigenvalue weighted by atomic mass is 32.7. The minimum Gasteiger partial charge on any atom is -0.326 e. The molecule has 6 heteroatoms. The lowest BCUT2D eigenvalue weighted by Gasteiger charge is -2.11. The van der Waals surface area contributed by atoms with Gasteiger partial charge in [0.15, 0.2) is 0 Å². The third-order valence-corrected chi connectivity index (χ3v) is 5.35. The van der Waals surface area contributed by atoms with E-state index in [2.05, 4.69) is 5.09 Å². The predicted octanol–water partition coefficient (Wildman–Crippen LogP) is 3.16. The van der Waals surface area contributed by atoms with Crippen molar-refractivity contribution >= 4 is 18.1 Å². The minimum atomic E-state index is -3.31. The molecule has 0 heterocycles. The van der Waals surface area contributed by atoms with Gasteiger partial charge in [-0.2, -0.15) is 0 Å². The molecule has 1 unspecified atom stereocenters. The van der Waals surface area contributed by atoms with Gasteiger partial charge in [-0.05, 0) is 24.1 Å². The van der Waals surface area contributed by atoms with Crippen molar-refractivity contribution in [1.29, 1.82) is 0 Å². The fourth-order valence-electron chi connectivity index (χ4n) is 1.05. The summed E-state index contributed by atoms with van der Waals surface area (Å²) in [5.74, 6) is 0.334. The van der Waals surface area contributed by atoms with Crippen molar-refractivity contribution in [2.24, 2.45) is 0 Å². The lowest BCUT2D eigenvalue weighted by molar-refractivity contribution is 0.482. The summed E-state index contributed by atoms with van der Waals surface area (Å²) in [5, 5.41) is 2.58. The highest BCUT2D eigenvalue weighted by molar-refractivity contribution is 8.55. The summed E-state index contributed by atoms with van der Waals surface area (Å²) in [7, 11) is 0. The SMILES string of the molecule is CCCSP(=O)(O)NCc1ccc(F)cc1. The van der Waals surface area contributed by atoms with Gasteiger partial charge in [0.05, 0.1) is 0 Å². The number of halogens is 1. The molecule has 16 heavy (non-hydrogen) atoms.